The van der Waals surface area contributed by atoms with Crippen molar-refractivity contribution < 1.29 is 13.2 Å². The molecule has 0 unspecified atom stereocenters. The number of aryl methyl sites for hydroxylation is 2. The summed E-state index contributed by atoms with van der Waals surface area (Å²) in [6.07, 6.45) is -4.57. The lowest BCUT2D eigenvalue weighted by Crippen LogP contribution is -2.13. The fraction of sp³-hybridized carbons (Fsp3) is 0.130. The highest BCUT2D eigenvalue weighted by molar-refractivity contribution is 7.14. The van der Waals surface area contributed by atoms with Gasteiger partial charge >= 0.3 is 6.18 Å². The molecule has 0 N–H and O–H groups in total. The fourth-order valence-corrected chi connectivity index (χ4v) is 4.60. The van der Waals surface area contributed by atoms with E-state index in [9.17, 15) is 13.2 Å². The van der Waals surface area contributed by atoms with Gasteiger partial charge in [0.1, 0.15) is 5.69 Å². The third kappa shape index (κ3) is 3.33. The second kappa shape index (κ2) is 7.09. The molecule has 0 aliphatic carbocycles. The summed E-state index contributed by atoms with van der Waals surface area (Å²) in [7, 11) is 0. The van der Waals surface area contributed by atoms with E-state index in [1.54, 1.807) is 30.3 Å². The van der Waals surface area contributed by atoms with E-state index in [0.717, 1.165) is 32.5 Å². The highest BCUT2D eigenvalue weighted by atomic mass is 32.1. The largest absolute Gasteiger partial charge is 0.433 e. The van der Waals surface area contributed by atoms with Crippen molar-refractivity contribution in [3.05, 3.63) is 83.1 Å². The lowest BCUT2D eigenvalue weighted by atomic mass is 10.1. The molecule has 0 aliphatic rings. The van der Waals surface area contributed by atoms with E-state index in [-0.39, 0.29) is 11.3 Å². The van der Waals surface area contributed by atoms with Crippen LogP contribution in [-0.2, 0) is 6.18 Å². The quantitative estimate of drug-likeness (QED) is 0.320. The normalized spacial score (nSPS) is 12.0. The third-order valence-electron chi connectivity index (χ3n) is 5.18. The van der Waals surface area contributed by atoms with Crippen LogP contribution in [-0.4, -0.2) is 19.2 Å². The van der Waals surface area contributed by atoms with E-state index >= 15 is 0 Å². The van der Waals surface area contributed by atoms with E-state index in [2.05, 4.69) is 14.6 Å². The van der Waals surface area contributed by atoms with E-state index in [1.807, 2.05) is 43.5 Å². The van der Waals surface area contributed by atoms with Crippen molar-refractivity contribution in [1.82, 2.24) is 19.2 Å². The summed E-state index contributed by atoms with van der Waals surface area (Å²) in [5, 5.41) is 6.24. The molecule has 4 aromatic heterocycles. The molecule has 0 bridgehead atoms. The molecule has 0 saturated carbocycles. The van der Waals surface area contributed by atoms with Crippen molar-refractivity contribution in [3.63, 3.8) is 0 Å². The molecule has 4 heterocycles. The Labute approximate surface area is 180 Å². The number of thiophene rings is 1. The lowest BCUT2D eigenvalue weighted by molar-refractivity contribution is -0.142. The van der Waals surface area contributed by atoms with Crippen LogP contribution in [0.25, 0.3) is 33.2 Å². The Morgan fingerprint density at radius 3 is 2.26 bits per heavy atom. The summed E-state index contributed by atoms with van der Waals surface area (Å²) in [4.78, 5) is 5.27. The van der Waals surface area contributed by atoms with Crippen LogP contribution in [0.4, 0.5) is 13.2 Å². The second-order valence-corrected chi connectivity index (χ2v) is 8.19. The molecule has 5 rings (SSSR count). The van der Waals surface area contributed by atoms with Crippen LogP contribution in [0.3, 0.4) is 0 Å². The van der Waals surface area contributed by atoms with E-state index in [1.165, 1.54) is 11.3 Å². The van der Waals surface area contributed by atoms with Crippen LogP contribution >= 0.6 is 11.3 Å². The molecular weight excluding hydrogens is 421 g/mol. The number of fused-ring (bicyclic) bond motifs is 1. The predicted molar refractivity (Wildman–Crippen MR) is 116 cm³/mol. The Morgan fingerprint density at radius 2 is 1.58 bits per heavy atom. The Bertz CT molecular complexity index is 1370. The average molecular weight is 438 g/mol. The summed E-state index contributed by atoms with van der Waals surface area (Å²) >= 11 is 1.44. The Hall–Kier alpha value is -3.39. The molecule has 8 heteroatoms. The van der Waals surface area contributed by atoms with Crippen LogP contribution in [0.5, 0.6) is 0 Å². The van der Waals surface area contributed by atoms with Gasteiger partial charge in [-0.1, -0.05) is 30.3 Å². The molecule has 156 valence electrons. The summed E-state index contributed by atoms with van der Waals surface area (Å²) in [5.41, 5.74) is 3.62. The highest BCUT2D eigenvalue weighted by Gasteiger charge is 2.35. The number of rotatable bonds is 3. The van der Waals surface area contributed by atoms with Crippen molar-refractivity contribution in [2.75, 3.05) is 0 Å². The minimum Gasteiger partial charge on any atom is -0.317 e. The number of hydrogen-bond donors (Lipinski definition) is 0. The number of alkyl halides is 3. The Kier molecular flexibility index (Phi) is 4.48. The van der Waals surface area contributed by atoms with Crippen molar-refractivity contribution in [2.45, 2.75) is 20.0 Å². The number of halogens is 3. The van der Waals surface area contributed by atoms with Gasteiger partial charge in [-0.05, 0) is 43.5 Å². The van der Waals surface area contributed by atoms with Gasteiger partial charge in [0.15, 0.2) is 11.3 Å². The van der Waals surface area contributed by atoms with E-state index in [0.29, 0.717) is 11.3 Å². The van der Waals surface area contributed by atoms with Crippen molar-refractivity contribution in [1.29, 1.82) is 0 Å². The van der Waals surface area contributed by atoms with Gasteiger partial charge in [-0.25, -0.2) is 9.50 Å². The first-order chi connectivity index (χ1) is 14.8. The SMILES string of the molecule is Cc1ccc(C)n1-c1ccsc1-c1cc2nc(-c3ccccc3)cc(C(F)(F)F)n2n1. The van der Waals surface area contributed by atoms with Crippen LogP contribution < -0.4 is 0 Å². The van der Waals surface area contributed by atoms with Crippen molar-refractivity contribution >= 4 is 17.0 Å². The van der Waals surface area contributed by atoms with Crippen molar-refractivity contribution in [3.8, 4) is 27.5 Å². The maximum atomic E-state index is 13.9. The van der Waals surface area contributed by atoms with Gasteiger partial charge in [0.25, 0.3) is 0 Å². The van der Waals surface area contributed by atoms with Crippen LogP contribution in [0.1, 0.15) is 17.1 Å². The van der Waals surface area contributed by atoms with Crippen LogP contribution in [0, 0.1) is 13.8 Å². The minimum absolute atomic E-state index is 0.156. The van der Waals surface area contributed by atoms with Crippen LogP contribution in [0.15, 0.2) is 66.0 Å². The summed E-state index contributed by atoms with van der Waals surface area (Å²) < 4.78 is 44.6. The molecule has 1 aromatic carbocycles. The molecule has 0 aliphatic heterocycles. The van der Waals surface area contributed by atoms with E-state index < -0.39 is 11.9 Å². The molecule has 0 spiro atoms. The van der Waals surface area contributed by atoms with Gasteiger partial charge in [0.05, 0.1) is 16.3 Å². The first kappa shape index (κ1) is 19.6. The first-order valence-corrected chi connectivity index (χ1v) is 10.5. The first-order valence-electron chi connectivity index (χ1n) is 9.59. The van der Waals surface area contributed by atoms with E-state index in [4.69, 9.17) is 0 Å². The number of benzene rings is 1. The Morgan fingerprint density at radius 1 is 0.871 bits per heavy atom. The predicted octanol–water partition coefficient (Wildman–Crippen LogP) is 6.55. The maximum Gasteiger partial charge on any atom is 0.433 e. The van der Waals surface area contributed by atoms with Gasteiger partial charge in [-0.3, -0.25) is 0 Å². The summed E-state index contributed by atoms with van der Waals surface area (Å²) in [5.74, 6) is 0. The van der Waals surface area contributed by atoms with Gasteiger partial charge in [-0.2, -0.15) is 18.3 Å². The van der Waals surface area contributed by atoms with Crippen LogP contribution in [0.2, 0.25) is 0 Å². The number of hydrogen-bond acceptors (Lipinski definition) is 3. The fourth-order valence-electron chi connectivity index (χ4n) is 3.76. The number of aromatic nitrogens is 4. The zero-order chi connectivity index (χ0) is 21.8. The molecule has 0 atom stereocenters. The summed E-state index contributed by atoms with van der Waals surface area (Å²) in [6, 6.07) is 17.5. The molecule has 0 radical (unpaired) electrons. The zero-order valence-electron chi connectivity index (χ0n) is 16.7. The Balaban J connectivity index is 1.73. The number of nitrogens with zero attached hydrogens (tertiary/aromatic N) is 4. The standard InChI is InChI=1S/C23H17F3N4S/c1-14-8-9-15(2)29(14)19-10-11-31-22(19)18-13-21-27-17(16-6-4-3-5-7-16)12-20(23(24,25)26)30(21)28-18/h3-13H,1-2H3. The van der Waals surface area contributed by atoms with Gasteiger partial charge in [-0.15, -0.1) is 11.3 Å². The molecule has 0 fully saturated rings. The second-order valence-electron chi connectivity index (χ2n) is 7.28. The topological polar surface area (TPSA) is 35.1 Å². The molecule has 0 amide bonds. The molecule has 0 saturated heterocycles. The molecule has 5 aromatic rings. The van der Waals surface area contributed by atoms with Gasteiger partial charge < -0.3 is 4.57 Å². The lowest BCUT2D eigenvalue weighted by Gasteiger charge is -2.11. The highest BCUT2D eigenvalue weighted by Crippen LogP contribution is 2.36. The van der Waals surface area contributed by atoms with Gasteiger partial charge in [0.2, 0.25) is 0 Å². The smallest absolute Gasteiger partial charge is 0.317 e. The van der Waals surface area contributed by atoms with Gasteiger partial charge in [0, 0.05) is 23.0 Å². The average Bonchev–Trinajstić information content (AvgIpc) is 3.45. The zero-order valence-corrected chi connectivity index (χ0v) is 17.5. The molecule has 4 nitrogen and oxygen atoms in total. The molecular formula is C23H17F3N4S. The third-order valence-corrected chi connectivity index (χ3v) is 6.10. The maximum absolute atomic E-state index is 13.9. The van der Waals surface area contributed by atoms with Crippen molar-refractivity contribution in [2.24, 2.45) is 0 Å². The molecule has 31 heavy (non-hydrogen) atoms. The summed E-state index contributed by atoms with van der Waals surface area (Å²) in [6.45, 7) is 3.99. The minimum atomic E-state index is -4.57. The monoisotopic (exact) mass is 438 g/mol.